The second kappa shape index (κ2) is 13.3. The van der Waals surface area contributed by atoms with Crippen LogP contribution in [0.1, 0.15) is 66.5 Å². The zero-order chi connectivity index (χ0) is 27.8. The van der Waals surface area contributed by atoms with E-state index in [1.165, 1.54) is 5.56 Å². The molecule has 0 fully saturated rings. The molecule has 1 heterocycles. The van der Waals surface area contributed by atoms with Crippen LogP contribution in [0, 0.1) is 0 Å². The second-order valence-electron chi connectivity index (χ2n) is 10.4. The minimum Gasteiger partial charge on any atom is -0.327 e. The van der Waals surface area contributed by atoms with Crippen molar-refractivity contribution in [3.05, 3.63) is 112 Å². The van der Waals surface area contributed by atoms with Crippen molar-refractivity contribution in [2.24, 2.45) is 0 Å². The van der Waals surface area contributed by atoms with Crippen LogP contribution in [-0.2, 0) is 13.0 Å². The van der Waals surface area contributed by atoms with Gasteiger partial charge in [-0.05, 0) is 68.8 Å². The molecule has 1 atom stereocenters. The molecule has 0 aliphatic rings. The molecule has 4 aromatic rings. The van der Waals surface area contributed by atoms with E-state index >= 15 is 0 Å². The molecule has 1 unspecified atom stereocenters. The quantitative estimate of drug-likeness (QED) is 0.230. The maximum absolute atomic E-state index is 14.1. The Labute approximate surface area is 231 Å². The number of amides is 1. The molecule has 0 saturated heterocycles. The summed E-state index contributed by atoms with van der Waals surface area (Å²) in [5, 5.41) is 0.584. The van der Waals surface area contributed by atoms with E-state index in [0.717, 1.165) is 24.8 Å². The average Bonchev–Trinajstić information content (AvgIpc) is 2.96. The van der Waals surface area contributed by atoms with E-state index in [2.05, 4.69) is 30.9 Å². The third-order valence-corrected chi connectivity index (χ3v) is 7.20. The number of hydrogen-bond acceptors (Lipinski definition) is 4. The number of hydrogen-bond donors (Lipinski definition) is 0. The zero-order valence-electron chi connectivity index (χ0n) is 23.6. The lowest BCUT2D eigenvalue weighted by Crippen LogP contribution is -2.42. The molecule has 0 N–H and O–H groups in total. The molecule has 0 bridgehead atoms. The second-order valence-corrected chi connectivity index (χ2v) is 10.4. The third kappa shape index (κ3) is 6.82. The normalized spacial score (nSPS) is 12.1. The number of rotatable bonds is 12. The third-order valence-electron chi connectivity index (χ3n) is 7.20. The van der Waals surface area contributed by atoms with Gasteiger partial charge < -0.3 is 9.80 Å². The predicted molar refractivity (Wildman–Crippen MR) is 159 cm³/mol. The molecular weight excluding hydrogens is 484 g/mol. The van der Waals surface area contributed by atoms with Crippen LogP contribution in [0.5, 0.6) is 0 Å². The van der Waals surface area contributed by atoms with Gasteiger partial charge in [0.2, 0.25) is 0 Å². The van der Waals surface area contributed by atoms with Crippen LogP contribution in [-0.4, -0.2) is 52.4 Å². The molecule has 6 nitrogen and oxygen atoms in total. The van der Waals surface area contributed by atoms with Crippen molar-refractivity contribution < 1.29 is 4.79 Å². The summed E-state index contributed by atoms with van der Waals surface area (Å²) < 4.78 is 1.76. The summed E-state index contributed by atoms with van der Waals surface area (Å²) in [6.07, 6.45) is 3.92. The SMILES string of the molecule is CCCCc1ccc(C(=O)N(CCN(C)C)C(CC)c2nc3ccccc3c(=O)n2Cc2ccccc2)cc1. The lowest BCUT2D eigenvalue weighted by atomic mass is 10.0. The van der Waals surface area contributed by atoms with Crippen molar-refractivity contribution in [1.82, 2.24) is 19.4 Å². The monoisotopic (exact) mass is 524 g/mol. The fourth-order valence-electron chi connectivity index (χ4n) is 4.97. The number of likely N-dealkylation sites (N-methyl/N-ethyl adjacent to an activating group) is 1. The van der Waals surface area contributed by atoms with Gasteiger partial charge in [0.25, 0.3) is 11.5 Å². The molecule has 39 heavy (non-hydrogen) atoms. The van der Waals surface area contributed by atoms with Crippen LogP contribution in [0.2, 0.25) is 0 Å². The van der Waals surface area contributed by atoms with Gasteiger partial charge in [-0.2, -0.15) is 0 Å². The summed E-state index contributed by atoms with van der Waals surface area (Å²) in [4.78, 5) is 36.9. The summed E-state index contributed by atoms with van der Waals surface area (Å²) in [7, 11) is 4.01. The first kappa shape index (κ1) is 28.2. The van der Waals surface area contributed by atoms with Crippen molar-refractivity contribution in [2.75, 3.05) is 27.2 Å². The number of nitrogens with zero attached hydrogens (tertiary/aromatic N) is 4. The van der Waals surface area contributed by atoms with Gasteiger partial charge in [-0.3, -0.25) is 14.2 Å². The molecule has 0 radical (unpaired) electrons. The Kier molecular flexibility index (Phi) is 9.66. The first-order valence-electron chi connectivity index (χ1n) is 14.0. The Hall–Kier alpha value is -3.77. The molecule has 0 aliphatic carbocycles. The van der Waals surface area contributed by atoms with E-state index in [4.69, 9.17) is 4.98 Å². The van der Waals surface area contributed by atoms with Crippen LogP contribution in [0.3, 0.4) is 0 Å². The largest absolute Gasteiger partial charge is 0.327 e. The average molecular weight is 525 g/mol. The standard InChI is InChI=1S/C33H40N4O2/c1-5-7-13-25-18-20-27(21-19-25)32(38)36(23-22-35(3)4)30(6-2)31-34-29-17-12-11-16-28(29)33(39)37(31)24-26-14-9-8-10-15-26/h8-12,14-21,30H,5-7,13,22-24H2,1-4H3. The minimum atomic E-state index is -0.363. The fourth-order valence-corrected chi connectivity index (χ4v) is 4.97. The molecule has 3 aromatic carbocycles. The smallest absolute Gasteiger partial charge is 0.261 e. The highest BCUT2D eigenvalue weighted by Gasteiger charge is 2.29. The Bertz CT molecular complexity index is 1430. The first-order chi connectivity index (χ1) is 18.9. The lowest BCUT2D eigenvalue weighted by molar-refractivity contribution is 0.0642. The Morgan fingerprint density at radius 3 is 2.23 bits per heavy atom. The molecule has 0 aliphatic heterocycles. The molecule has 204 valence electrons. The number of unbranched alkanes of at least 4 members (excludes halogenated alkanes) is 1. The number of fused-ring (bicyclic) bond motifs is 1. The number of carbonyl (C=O) groups excluding carboxylic acids is 1. The van der Waals surface area contributed by atoms with Crippen LogP contribution in [0.4, 0.5) is 0 Å². The molecular formula is C33H40N4O2. The highest BCUT2D eigenvalue weighted by atomic mass is 16.2. The Balaban J connectivity index is 1.80. The Morgan fingerprint density at radius 2 is 1.56 bits per heavy atom. The minimum absolute atomic E-state index is 0.0422. The van der Waals surface area contributed by atoms with E-state index < -0.39 is 0 Å². The predicted octanol–water partition coefficient (Wildman–Crippen LogP) is 5.94. The van der Waals surface area contributed by atoms with Crippen molar-refractivity contribution in [3.63, 3.8) is 0 Å². The summed E-state index contributed by atoms with van der Waals surface area (Å²) in [6, 6.07) is 25.1. The fraction of sp³-hybridized carbons (Fsp3) is 0.364. The summed E-state index contributed by atoms with van der Waals surface area (Å²) in [6.45, 7) is 5.86. The van der Waals surface area contributed by atoms with Crippen molar-refractivity contribution >= 4 is 16.8 Å². The first-order valence-corrected chi connectivity index (χ1v) is 14.0. The number of aryl methyl sites for hydroxylation is 1. The number of aromatic nitrogens is 2. The van der Waals surface area contributed by atoms with Crippen molar-refractivity contribution in [2.45, 2.75) is 52.1 Å². The van der Waals surface area contributed by atoms with Gasteiger partial charge in [-0.15, -0.1) is 0 Å². The van der Waals surface area contributed by atoms with Crippen molar-refractivity contribution in [1.29, 1.82) is 0 Å². The maximum Gasteiger partial charge on any atom is 0.261 e. The van der Waals surface area contributed by atoms with E-state index in [-0.39, 0.29) is 17.5 Å². The molecule has 0 saturated carbocycles. The highest BCUT2D eigenvalue weighted by Crippen LogP contribution is 2.26. The summed E-state index contributed by atoms with van der Waals surface area (Å²) in [5.74, 6) is 0.580. The molecule has 6 heteroatoms. The van der Waals surface area contributed by atoms with Crippen molar-refractivity contribution in [3.8, 4) is 0 Å². The number of benzene rings is 3. The van der Waals surface area contributed by atoms with E-state index in [0.29, 0.717) is 48.3 Å². The zero-order valence-corrected chi connectivity index (χ0v) is 23.6. The van der Waals surface area contributed by atoms with Gasteiger partial charge in [-0.25, -0.2) is 4.98 Å². The highest BCUT2D eigenvalue weighted by molar-refractivity contribution is 5.94. The van der Waals surface area contributed by atoms with Crippen LogP contribution in [0.25, 0.3) is 10.9 Å². The van der Waals surface area contributed by atoms with Gasteiger partial charge in [0.1, 0.15) is 5.82 Å². The van der Waals surface area contributed by atoms with Gasteiger partial charge in [0, 0.05) is 18.7 Å². The Morgan fingerprint density at radius 1 is 0.872 bits per heavy atom. The van der Waals surface area contributed by atoms with Gasteiger partial charge in [0.15, 0.2) is 0 Å². The van der Waals surface area contributed by atoms with Crippen LogP contribution >= 0.6 is 0 Å². The summed E-state index contributed by atoms with van der Waals surface area (Å²) in [5.41, 5.74) is 3.48. The number of para-hydroxylation sites is 1. The molecule has 1 amide bonds. The van der Waals surface area contributed by atoms with E-state index in [1.807, 2.05) is 85.7 Å². The molecule has 0 spiro atoms. The molecule has 4 rings (SSSR count). The van der Waals surface area contributed by atoms with Crippen LogP contribution in [0.15, 0.2) is 83.7 Å². The lowest BCUT2D eigenvalue weighted by Gasteiger charge is -2.33. The van der Waals surface area contributed by atoms with E-state index in [1.54, 1.807) is 4.57 Å². The van der Waals surface area contributed by atoms with Gasteiger partial charge in [0.05, 0.1) is 23.5 Å². The van der Waals surface area contributed by atoms with Gasteiger partial charge in [-0.1, -0.05) is 74.9 Å². The maximum atomic E-state index is 14.1. The molecule has 1 aromatic heterocycles. The topological polar surface area (TPSA) is 58.4 Å². The van der Waals surface area contributed by atoms with Crippen LogP contribution < -0.4 is 5.56 Å². The van der Waals surface area contributed by atoms with Gasteiger partial charge >= 0.3 is 0 Å². The van der Waals surface area contributed by atoms with E-state index in [9.17, 15) is 9.59 Å². The number of carbonyl (C=O) groups is 1. The summed E-state index contributed by atoms with van der Waals surface area (Å²) >= 11 is 0.